The number of ether oxygens (including phenoxy) is 1. The summed E-state index contributed by atoms with van der Waals surface area (Å²) < 4.78 is 6.66. The summed E-state index contributed by atoms with van der Waals surface area (Å²) in [6.45, 7) is 11.2. The first-order valence-corrected chi connectivity index (χ1v) is 12.6. The molecule has 0 saturated carbocycles. The lowest BCUT2D eigenvalue weighted by atomic mass is 9.87. The zero-order chi connectivity index (χ0) is 21.4. The molecule has 2 aromatic heterocycles. The van der Waals surface area contributed by atoms with E-state index in [2.05, 4.69) is 71.1 Å². The summed E-state index contributed by atoms with van der Waals surface area (Å²) in [5, 5.41) is 4.58. The van der Waals surface area contributed by atoms with Gasteiger partial charge in [-0.15, -0.1) is 22.7 Å². The standard InChI is InChI=1S/C24H28N4OS2/c1-4-20(27-16-7-8-22-21(10-16)26-14-30-22)19-11-23(31-24(19)25-3)18-6-5-9-28(15(18)2)17-12-29-13-17/h4,7-8,10-11,14-15,17-18,27H,3,5-6,9,12-13H2,1-2H3/b20-4+/t15-,18-/m1/s1. The average molecular weight is 453 g/mol. The Morgan fingerprint density at radius 3 is 2.97 bits per heavy atom. The molecule has 162 valence electrons. The van der Waals surface area contributed by atoms with Gasteiger partial charge in [0.25, 0.3) is 0 Å². The Morgan fingerprint density at radius 2 is 2.23 bits per heavy atom. The second-order valence-corrected chi connectivity index (χ2v) is 10.3. The van der Waals surface area contributed by atoms with Gasteiger partial charge in [-0.05, 0) is 64.2 Å². The molecule has 3 aromatic rings. The van der Waals surface area contributed by atoms with Gasteiger partial charge < -0.3 is 10.1 Å². The molecule has 0 bridgehead atoms. The molecule has 2 aliphatic rings. The molecule has 2 aliphatic heterocycles. The summed E-state index contributed by atoms with van der Waals surface area (Å²) in [6, 6.07) is 9.77. The number of thiophene rings is 1. The van der Waals surface area contributed by atoms with E-state index in [1.807, 2.05) is 5.51 Å². The largest absolute Gasteiger partial charge is 0.378 e. The number of aromatic nitrogens is 1. The summed E-state index contributed by atoms with van der Waals surface area (Å²) >= 11 is 3.45. The molecule has 31 heavy (non-hydrogen) atoms. The zero-order valence-corrected chi connectivity index (χ0v) is 19.6. The van der Waals surface area contributed by atoms with E-state index in [9.17, 15) is 0 Å². The van der Waals surface area contributed by atoms with E-state index in [1.54, 1.807) is 22.7 Å². The number of aliphatic imine (C=N–C) groups is 1. The minimum Gasteiger partial charge on any atom is -0.378 e. The van der Waals surface area contributed by atoms with Gasteiger partial charge in [-0.1, -0.05) is 6.08 Å². The Bertz CT molecular complexity index is 1110. The van der Waals surface area contributed by atoms with Crippen LogP contribution in [0.15, 0.2) is 40.8 Å². The number of anilines is 1. The van der Waals surface area contributed by atoms with Crippen LogP contribution in [0.5, 0.6) is 0 Å². The summed E-state index contributed by atoms with van der Waals surface area (Å²) in [7, 11) is 0. The minimum atomic E-state index is 0.515. The summed E-state index contributed by atoms with van der Waals surface area (Å²) in [5.74, 6) is 0.526. The van der Waals surface area contributed by atoms with Gasteiger partial charge in [0.05, 0.1) is 35.0 Å². The molecule has 1 aromatic carbocycles. The fourth-order valence-electron chi connectivity index (χ4n) is 4.76. The second-order valence-electron chi connectivity index (χ2n) is 8.31. The number of hydrogen-bond acceptors (Lipinski definition) is 7. The molecule has 2 atom stereocenters. The number of allylic oxidation sites excluding steroid dienone is 1. The lowest BCUT2D eigenvalue weighted by Crippen LogP contribution is -2.56. The third kappa shape index (κ3) is 3.96. The fourth-order valence-corrected chi connectivity index (χ4v) is 6.63. The van der Waals surface area contributed by atoms with Gasteiger partial charge in [-0.2, -0.15) is 0 Å². The van der Waals surface area contributed by atoms with E-state index in [4.69, 9.17) is 4.74 Å². The van der Waals surface area contributed by atoms with Crippen LogP contribution in [0.1, 0.15) is 43.0 Å². The van der Waals surface area contributed by atoms with Gasteiger partial charge in [-0.25, -0.2) is 4.98 Å². The van der Waals surface area contributed by atoms with Gasteiger partial charge in [0.15, 0.2) is 0 Å². The van der Waals surface area contributed by atoms with Crippen molar-refractivity contribution >= 4 is 56.0 Å². The molecule has 4 heterocycles. The van der Waals surface area contributed by atoms with E-state index in [-0.39, 0.29) is 0 Å². The first-order valence-electron chi connectivity index (χ1n) is 10.9. The maximum Gasteiger partial charge on any atom is 0.124 e. The highest BCUT2D eigenvalue weighted by molar-refractivity contribution is 7.16. The smallest absolute Gasteiger partial charge is 0.124 e. The van der Waals surface area contributed by atoms with Crippen LogP contribution in [-0.4, -0.2) is 48.4 Å². The van der Waals surface area contributed by atoms with Crippen molar-refractivity contribution < 1.29 is 4.74 Å². The average Bonchev–Trinajstić information content (AvgIpc) is 3.38. The normalized spacial score (nSPS) is 23.1. The van der Waals surface area contributed by atoms with Crippen molar-refractivity contribution in [3.63, 3.8) is 0 Å². The zero-order valence-electron chi connectivity index (χ0n) is 18.0. The van der Waals surface area contributed by atoms with Crippen LogP contribution in [0.3, 0.4) is 0 Å². The number of benzene rings is 1. The van der Waals surface area contributed by atoms with Gasteiger partial charge in [0.1, 0.15) is 5.00 Å². The molecule has 1 N–H and O–H groups in total. The number of nitrogens with one attached hydrogen (secondary N) is 1. The minimum absolute atomic E-state index is 0.515. The molecule has 0 unspecified atom stereocenters. The third-order valence-electron chi connectivity index (χ3n) is 6.56. The predicted molar refractivity (Wildman–Crippen MR) is 133 cm³/mol. The van der Waals surface area contributed by atoms with Crippen LogP contribution in [0.25, 0.3) is 15.9 Å². The molecule has 0 radical (unpaired) electrons. The fraction of sp³-hybridized carbons (Fsp3) is 0.417. The molecule has 0 spiro atoms. The summed E-state index contributed by atoms with van der Waals surface area (Å²) in [6.07, 6.45) is 4.58. The van der Waals surface area contributed by atoms with E-state index in [0.29, 0.717) is 18.0 Å². The van der Waals surface area contributed by atoms with Crippen molar-refractivity contribution in [3.8, 4) is 0 Å². The van der Waals surface area contributed by atoms with Crippen molar-refractivity contribution in [1.82, 2.24) is 9.88 Å². The van der Waals surface area contributed by atoms with Crippen molar-refractivity contribution in [2.24, 2.45) is 4.99 Å². The molecule has 2 saturated heterocycles. The van der Waals surface area contributed by atoms with E-state index < -0.39 is 0 Å². The monoisotopic (exact) mass is 452 g/mol. The van der Waals surface area contributed by atoms with Crippen LogP contribution in [-0.2, 0) is 4.74 Å². The molecule has 0 aliphatic carbocycles. The van der Waals surface area contributed by atoms with Crippen molar-refractivity contribution in [1.29, 1.82) is 0 Å². The molecule has 0 amide bonds. The van der Waals surface area contributed by atoms with Gasteiger partial charge in [0.2, 0.25) is 0 Å². The number of hydrogen-bond donors (Lipinski definition) is 1. The van der Waals surface area contributed by atoms with Crippen LogP contribution < -0.4 is 5.32 Å². The number of thiazole rings is 1. The first kappa shape index (κ1) is 20.8. The number of piperidine rings is 1. The Hall–Kier alpha value is -2.06. The van der Waals surface area contributed by atoms with E-state index in [1.165, 1.54) is 29.0 Å². The third-order valence-corrected chi connectivity index (χ3v) is 8.56. The maximum atomic E-state index is 5.46. The van der Waals surface area contributed by atoms with Crippen LogP contribution in [0.4, 0.5) is 10.7 Å². The lowest BCUT2D eigenvalue weighted by molar-refractivity contribution is -0.0877. The SMILES string of the molecule is C=Nc1sc([C@@H]2CCCN(C3COC3)[C@@H]2C)cc1/C(=C\C)Nc1ccc2scnc2c1. The molecule has 2 fully saturated rings. The molecular formula is C24H28N4OS2. The second kappa shape index (κ2) is 8.82. The Balaban J connectivity index is 1.41. The van der Waals surface area contributed by atoms with E-state index >= 15 is 0 Å². The van der Waals surface area contributed by atoms with Crippen molar-refractivity contribution in [2.75, 3.05) is 25.1 Å². The highest BCUT2D eigenvalue weighted by Crippen LogP contribution is 2.44. The topological polar surface area (TPSA) is 49.8 Å². The van der Waals surface area contributed by atoms with Gasteiger partial charge in [0, 0.05) is 33.8 Å². The number of likely N-dealkylation sites (tertiary alicyclic amines) is 1. The summed E-state index contributed by atoms with van der Waals surface area (Å²) in [4.78, 5) is 12.9. The van der Waals surface area contributed by atoms with Crippen molar-refractivity contribution in [2.45, 2.75) is 44.7 Å². The van der Waals surface area contributed by atoms with Crippen LogP contribution >= 0.6 is 22.7 Å². The van der Waals surface area contributed by atoms with E-state index in [0.717, 1.165) is 40.7 Å². The Kier molecular flexibility index (Phi) is 5.93. The lowest BCUT2D eigenvalue weighted by Gasteiger charge is -2.46. The Morgan fingerprint density at radius 1 is 1.35 bits per heavy atom. The number of rotatable bonds is 6. The number of fused-ring (bicyclic) bond motifs is 1. The van der Waals surface area contributed by atoms with Crippen LogP contribution in [0, 0.1) is 0 Å². The summed E-state index contributed by atoms with van der Waals surface area (Å²) in [5.41, 5.74) is 6.14. The number of nitrogens with zero attached hydrogens (tertiary/aromatic N) is 3. The Labute approximate surface area is 191 Å². The quantitative estimate of drug-likeness (QED) is 0.457. The molecule has 5 nitrogen and oxygen atoms in total. The van der Waals surface area contributed by atoms with Gasteiger partial charge >= 0.3 is 0 Å². The van der Waals surface area contributed by atoms with Crippen LogP contribution in [0.2, 0.25) is 0 Å². The molecule has 7 heteroatoms. The molecule has 5 rings (SSSR count). The van der Waals surface area contributed by atoms with Gasteiger partial charge in [-0.3, -0.25) is 9.89 Å². The highest BCUT2D eigenvalue weighted by Gasteiger charge is 2.37. The van der Waals surface area contributed by atoms with Crippen molar-refractivity contribution in [3.05, 3.63) is 46.3 Å². The first-order chi connectivity index (χ1) is 15.2. The maximum absolute atomic E-state index is 5.46. The molecular weight excluding hydrogens is 424 g/mol. The predicted octanol–water partition coefficient (Wildman–Crippen LogP) is 6.13. The highest BCUT2D eigenvalue weighted by atomic mass is 32.1.